The van der Waals surface area contributed by atoms with E-state index in [1.165, 1.54) is 4.90 Å². The van der Waals surface area contributed by atoms with Crippen LogP contribution in [0.1, 0.15) is 11.1 Å². The Morgan fingerprint density at radius 1 is 0.722 bits per heavy atom. The average Bonchev–Trinajstić information content (AvgIpc) is 3.28. The van der Waals surface area contributed by atoms with Gasteiger partial charge in [-0.1, -0.05) is 54.2 Å². The van der Waals surface area contributed by atoms with Gasteiger partial charge in [-0.25, -0.2) is 4.57 Å². The highest BCUT2D eigenvalue weighted by Gasteiger charge is 2.22. The number of nitrogens with zero attached hydrogens (tertiary/aromatic N) is 2. The molecule has 2 aromatic heterocycles. The zero-order valence-electron chi connectivity index (χ0n) is 20.0. The molecule has 6 aromatic rings. The zero-order chi connectivity index (χ0) is 24.6. The molecular weight excluding hydrogens is 460 g/mol. The summed E-state index contributed by atoms with van der Waals surface area (Å²) >= 11 is 1.72. The van der Waals surface area contributed by atoms with Crippen molar-refractivity contribution in [1.82, 2.24) is 0 Å². The summed E-state index contributed by atoms with van der Waals surface area (Å²) in [6, 6.07) is 35.4. The highest BCUT2D eigenvalue weighted by atomic mass is 32.2. The maximum absolute atomic E-state index is 9.98. The minimum absolute atomic E-state index is 0.605. The zero-order valence-corrected chi connectivity index (χ0v) is 20.8. The molecule has 0 aliphatic heterocycles. The van der Waals surface area contributed by atoms with E-state index >= 15 is 0 Å². The van der Waals surface area contributed by atoms with Gasteiger partial charge in [0.15, 0.2) is 6.20 Å². The fourth-order valence-electron chi connectivity index (χ4n) is 4.80. The third-order valence-electron chi connectivity index (χ3n) is 6.57. The lowest BCUT2D eigenvalue weighted by atomic mass is 9.96. The summed E-state index contributed by atoms with van der Waals surface area (Å²) in [6.07, 6.45) is 2.05. The van der Waals surface area contributed by atoms with Crippen molar-refractivity contribution in [1.29, 1.82) is 5.26 Å². The molecule has 0 aliphatic carbocycles. The third-order valence-corrected chi connectivity index (χ3v) is 7.59. The van der Waals surface area contributed by atoms with Crippen molar-refractivity contribution in [3.05, 3.63) is 114 Å². The predicted octanol–water partition coefficient (Wildman–Crippen LogP) is 8.08. The minimum atomic E-state index is 0.605. The summed E-state index contributed by atoms with van der Waals surface area (Å²) in [4.78, 5) is 2.34. The number of hydrogen-bond acceptors (Lipinski definition) is 3. The molecule has 3 nitrogen and oxygen atoms in total. The summed E-state index contributed by atoms with van der Waals surface area (Å²) < 4.78 is 8.77. The van der Waals surface area contributed by atoms with Gasteiger partial charge in [-0.15, -0.1) is 0 Å². The Bertz CT molecular complexity index is 1780. The summed E-state index contributed by atoms with van der Waals surface area (Å²) in [5, 5.41) is 12.0. The third kappa shape index (κ3) is 3.75. The van der Waals surface area contributed by atoms with E-state index in [2.05, 4.69) is 72.2 Å². The Labute approximate surface area is 214 Å². The molecule has 0 unspecified atom stereocenters. The van der Waals surface area contributed by atoms with Crippen molar-refractivity contribution in [3.8, 4) is 28.5 Å². The molecule has 36 heavy (non-hydrogen) atoms. The van der Waals surface area contributed by atoms with Crippen LogP contribution in [0.2, 0.25) is 0 Å². The Morgan fingerprint density at radius 2 is 1.39 bits per heavy atom. The lowest BCUT2D eigenvalue weighted by Crippen LogP contribution is -2.30. The van der Waals surface area contributed by atoms with Crippen molar-refractivity contribution in [2.24, 2.45) is 7.05 Å². The van der Waals surface area contributed by atoms with Gasteiger partial charge in [0.2, 0.25) is 5.69 Å². The highest BCUT2D eigenvalue weighted by molar-refractivity contribution is 7.99. The number of fused-ring (bicyclic) bond motifs is 3. The molecule has 0 bridgehead atoms. The molecule has 0 saturated carbocycles. The van der Waals surface area contributed by atoms with E-state index in [4.69, 9.17) is 4.42 Å². The lowest BCUT2D eigenvalue weighted by molar-refractivity contribution is -0.660. The number of hydrogen-bond donors (Lipinski definition) is 0. The van der Waals surface area contributed by atoms with Gasteiger partial charge in [0.25, 0.3) is 0 Å². The smallest absolute Gasteiger partial charge is 0.216 e. The molecule has 172 valence electrons. The van der Waals surface area contributed by atoms with E-state index in [1.54, 1.807) is 11.8 Å². The lowest BCUT2D eigenvalue weighted by Gasteiger charge is -2.07. The molecule has 0 radical (unpaired) electrons. The number of rotatable bonds is 4. The van der Waals surface area contributed by atoms with E-state index in [1.807, 2.05) is 55.7 Å². The van der Waals surface area contributed by atoms with Gasteiger partial charge < -0.3 is 4.42 Å². The van der Waals surface area contributed by atoms with Crippen molar-refractivity contribution in [2.75, 3.05) is 0 Å². The Hall–Kier alpha value is -4.33. The Balaban J connectivity index is 1.54. The molecule has 6 rings (SSSR count). The van der Waals surface area contributed by atoms with Crippen LogP contribution in [0.4, 0.5) is 0 Å². The number of aryl methyl sites for hydroxylation is 2. The molecular formula is C32H23N2OS+. The fourth-order valence-corrected chi connectivity index (χ4v) is 5.63. The average molecular weight is 484 g/mol. The van der Waals surface area contributed by atoms with Crippen LogP contribution in [0.25, 0.3) is 44.3 Å². The topological polar surface area (TPSA) is 40.8 Å². The number of aromatic nitrogens is 1. The maximum atomic E-state index is 9.98. The second-order valence-corrected chi connectivity index (χ2v) is 10.00. The van der Waals surface area contributed by atoms with E-state index in [0.717, 1.165) is 54.8 Å². The quantitative estimate of drug-likeness (QED) is 0.238. The van der Waals surface area contributed by atoms with Crippen LogP contribution >= 0.6 is 11.8 Å². The first-order valence-corrected chi connectivity index (χ1v) is 12.6. The molecule has 0 fully saturated rings. The molecule has 0 aliphatic rings. The molecule has 4 heteroatoms. The van der Waals surface area contributed by atoms with Crippen LogP contribution in [0.5, 0.6) is 0 Å². The number of nitriles is 1. The first kappa shape index (κ1) is 22.2. The molecule has 4 aromatic carbocycles. The van der Waals surface area contributed by atoms with Gasteiger partial charge in [0.1, 0.15) is 18.2 Å². The van der Waals surface area contributed by atoms with Crippen LogP contribution < -0.4 is 4.57 Å². The van der Waals surface area contributed by atoms with Crippen LogP contribution in [0.3, 0.4) is 0 Å². The SMILES string of the molecule is Cc1ccc2c(oc3c(-c4ccc(Sc5ccccc5)cc4)c(C#N)ccc32)c1-c1cccc[n+]1C. The van der Waals surface area contributed by atoms with Gasteiger partial charge in [-0.05, 0) is 60.5 Å². The number of pyridine rings is 1. The van der Waals surface area contributed by atoms with Crippen molar-refractivity contribution >= 4 is 33.7 Å². The normalized spacial score (nSPS) is 11.1. The fraction of sp³-hybridized carbons (Fsp3) is 0.0625. The van der Waals surface area contributed by atoms with E-state index in [0.29, 0.717) is 5.56 Å². The Morgan fingerprint density at radius 3 is 2.11 bits per heavy atom. The van der Waals surface area contributed by atoms with Crippen molar-refractivity contribution < 1.29 is 8.98 Å². The summed E-state index contributed by atoms with van der Waals surface area (Å²) in [5.41, 5.74) is 7.31. The second kappa shape index (κ2) is 9.03. The molecule has 0 N–H and O–H groups in total. The minimum Gasteiger partial charge on any atom is -0.454 e. The largest absolute Gasteiger partial charge is 0.454 e. The predicted molar refractivity (Wildman–Crippen MR) is 146 cm³/mol. The van der Waals surface area contributed by atoms with Crippen LogP contribution in [0, 0.1) is 18.3 Å². The van der Waals surface area contributed by atoms with Gasteiger partial charge in [-0.2, -0.15) is 5.26 Å². The van der Waals surface area contributed by atoms with Gasteiger partial charge in [-0.3, -0.25) is 0 Å². The molecule has 0 saturated heterocycles. The van der Waals surface area contributed by atoms with Crippen LogP contribution in [-0.4, -0.2) is 0 Å². The first-order valence-electron chi connectivity index (χ1n) is 11.8. The van der Waals surface area contributed by atoms with Crippen molar-refractivity contribution in [3.63, 3.8) is 0 Å². The first-order chi connectivity index (χ1) is 17.6. The highest BCUT2D eigenvalue weighted by Crippen LogP contribution is 2.42. The van der Waals surface area contributed by atoms with Crippen molar-refractivity contribution in [2.45, 2.75) is 16.7 Å². The summed E-state index contributed by atoms with van der Waals surface area (Å²) in [7, 11) is 2.05. The number of furan rings is 1. The monoisotopic (exact) mass is 483 g/mol. The standard InChI is InChI=1S/C32H23N2OS/c1-21-11-17-26-27-18-14-23(20-33)30(22-12-15-25(16-13-22)36-24-8-4-3-5-9-24)32(27)35-31(26)29(21)28-10-6-7-19-34(28)2/h3-19H,1-2H3/q+1. The summed E-state index contributed by atoms with van der Waals surface area (Å²) in [6.45, 7) is 2.11. The van der Waals surface area contributed by atoms with Crippen LogP contribution in [-0.2, 0) is 7.05 Å². The van der Waals surface area contributed by atoms with E-state index < -0.39 is 0 Å². The number of benzene rings is 4. The molecule has 0 amide bonds. The van der Waals surface area contributed by atoms with Gasteiger partial charge in [0.05, 0.1) is 17.2 Å². The molecule has 0 spiro atoms. The van der Waals surface area contributed by atoms with Gasteiger partial charge >= 0.3 is 0 Å². The van der Waals surface area contributed by atoms with E-state index in [-0.39, 0.29) is 0 Å². The Kier molecular flexibility index (Phi) is 5.56. The summed E-state index contributed by atoms with van der Waals surface area (Å²) in [5.74, 6) is 0. The van der Waals surface area contributed by atoms with Crippen LogP contribution in [0.15, 0.2) is 117 Å². The molecule has 2 heterocycles. The van der Waals surface area contributed by atoms with Gasteiger partial charge in [0, 0.05) is 38.3 Å². The second-order valence-electron chi connectivity index (χ2n) is 8.85. The molecule has 0 atom stereocenters. The maximum Gasteiger partial charge on any atom is 0.216 e. The van der Waals surface area contributed by atoms with E-state index in [9.17, 15) is 5.26 Å².